The summed E-state index contributed by atoms with van der Waals surface area (Å²) in [5.41, 5.74) is 2.84. The van der Waals surface area contributed by atoms with Crippen molar-refractivity contribution in [2.24, 2.45) is 0 Å². The summed E-state index contributed by atoms with van der Waals surface area (Å²) in [5.74, 6) is -6.11. The van der Waals surface area contributed by atoms with Crippen LogP contribution in [-0.4, -0.2) is 101 Å². The van der Waals surface area contributed by atoms with Gasteiger partial charge in [-0.1, -0.05) is 43.3 Å². The van der Waals surface area contributed by atoms with Gasteiger partial charge in [-0.2, -0.15) is 0 Å². The molecule has 2 aromatic heterocycles. The van der Waals surface area contributed by atoms with E-state index < -0.39 is 90.0 Å². The van der Waals surface area contributed by atoms with E-state index in [0.717, 1.165) is 39.1 Å². The van der Waals surface area contributed by atoms with Crippen LogP contribution in [0, 0.1) is 12.7 Å². The number of ether oxygens (including phenoxy) is 2. The summed E-state index contributed by atoms with van der Waals surface area (Å²) >= 11 is 0. The molecule has 7 amide bonds. The van der Waals surface area contributed by atoms with Crippen molar-refractivity contribution >= 4 is 63.9 Å². The highest BCUT2D eigenvalue weighted by Crippen LogP contribution is 2.46. The molecule has 6 N–H and O–H groups in total. The van der Waals surface area contributed by atoms with E-state index in [9.17, 15) is 48.3 Å². The Morgan fingerprint density at radius 1 is 0.877 bits per heavy atom. The topological polar surface area (TPSA) is 274 Å². The number of pyridine rings is 2. The van der Waals surface area contributed by atoms with Gasteiger partial charge < -0.3 is 45.7 Å². The van der Waals surface area contributed by atoms with Crippen molar-refractivity contribution in [3.63, 3.8) is 0 Å². The summed E-state index contributed by atoms with van der Waals surface area (Å²) in [6.07, 6.45) is 3.28. The highest BCUT2D eigenvalue weighted by molar-refractivity contribution is 6.28. The summed E-state index contributed by atoms with van der Waals surface area (Å²) in [7, 11) is 0. The first-order valence-electron chi connectivity index (χ1n) is 23.5. The first-order valence-corrected chi connectivity index (χ1v) is 23.5. The molecule has 3 aromatic carbocycles. The second-order valence-corrected chi connectivity index (χ2v) is 18.0. The van der Waals surface area contributed by atoms with E-state index in [1.165, 1.54) is 34.9 Å². The number of esters is 1. The molecule has 9 rings (SSSR count). The summed E-state index contributed by atoms with van der Waals surface area (Å²) < 4.78 is 28.2. The third-order valence-electron chi connectivity index (χ3n) is 13.6. The number of aliphatic hydroxyl groups is 1. The maximum atomic E-state index is 15.4. The van der Waals surface area contributed by atoms with Gasteiger partial charge in [-0.15, -0.1) is 0 Å². The number of carbonyl (C=O) groups is 8. The quantitative estimate of drug-likeness (QED) is 0.0328. The molecule has 73 heavy (non-hydrogen) atoms. The fourth-order valence-corrected chi connectivity index (χ4v) is 9.75. The van der Waals surface area contributed by atoms with Crippen molar-refractivity contribution < 1.29 is 57.3 Å². The summed E-state index contributed by atoms with van der Waals surface area (Å²) in [6.45, 7) is 1.46. The molecule has 5 heterocycles. The van der Waals surface area contributed by atoms with E-state index in [-0.39, 0.29) is 67.6 Å². The van der Waals surface area contributed by atoms with Gasteiger partial charge >= 0.3 is 5.97 Å². The summed E-state index contributed by atoms with van der Waals surface area (Å²) in [6, 6.07) is 16.3. The Morgan fingerprint density at radius 2 is 1.60 bits per heavy atom. The SMILES string of the molecule is CC[C@@]1(O)C(=O)OCc2c1cc1n(c2=O)Cc2c-1nc1cc(F)c(C)c3c1c2[C@@H](COCNC(=O)CNC(=O)[C@H](Cc1ccccc1)NC(=O)CNC(=O)CNC(=O)c1cccc(N2C(=O)C=CC2=O)c1)CC3. The highest BCUT2D eigenvalue weighted by Gasteiger charge is 2.46. The number of nitrogens with one attached hydrogen (secondary N) is 5. The van der Waals surface area contributed by atoms with Crippen LogP contribution in [0.1, 0.15) is 75.0 Å². The predicted octanol–water partition coefficient (Wildman–Crippen LogP) is 1.47. The minimum atomic E-state index is -2.03. The van der Waals surface area contributed by atoms with Crippen LogP contribution < -0.4 is 37.0 Å². The van der Waals surface area contributed by atoms with Gasteiger partial charge in [0.1, 0.15) is 25.2 Å². The first kappa shape index (κ1) is 49.5. The molecule has 5 aromatic rings. The Labute approximate surface area is 415 Å². The minimum Gasteiger partial charge on any atom is -0.458 e. The average molecular weight is 997 g/mol. The van der Waals surface area contributed by atoms with Crippen molar-refractivity contribution in [3.8, 4) is 11.4 Å². The van der Waals surface area contributed by atoms with Crippen molar-refractivity contribution in [3.05, 3.63) is 140 Å². The highest BCUT2D eigenvalue weighted by atomic mass is 19.1. The number of halogens is 1. The molecular formula is C52H49FN8O12. The van der Waals surface area contributed by atoms with Crippen LogP contribution in [0.3, 0.4) is 0 Å². The number of hydrogen-bond acceptors (Lipinski definition) is 13. The molecule has 0 fully saturated rings. The van der Waals surface area contributed by atoms with E-state index in [4.69, 9.17) is 14.5 Å². The maximum absolute atomic E-state index is 15.4. The molecular weight excluding hydrogens is 948 g/mol. The largest absolute Gasteiger partial charge is 0.458 e. The second-order valence-electron chi connectivity index (χ2n) is 18.0. The molecule has 4 aliphatic rings. The Kier molecular flexibility index (Phi) is 13.8. The number of carbonyl (C=O) groups excluding carboxylic acids is 8. The number of rotatable bonds is 17. The van der Waals surface area contributed by atoms with Crippen molar-refractivity contribution in [2.75, 3.05) is 37.9 Å². The lowest BCUT2D eigenvalue weighted by molar-refractivity contribution is -0.172. The number of aromatic nitrogens is 2. The zero-order valence-corrected chi connectivity index (χ0v) is 39.6. The number of nitrogens with zero attached hydrogens (tertiary/aromatic N) is 3. The molecule has 0 saturated heterocycles. The molecule has 20 nitrogen and oxygen atoms in total. The normalized spacial score (nSPS) is 17.6. The number of fused-ring (bicyclic) bond motifs is 5. The van der Waals surface area contributed by atoms with Crippen LogP contribution in [-0.2, 0) is 74.6 Å². The van der Waals surface area contributed by atoms with Crippen molar-refractivity contribution in [1.82, 2.24) is 36.1 Å². The van der Waals surface area contributed by atoms with Crippen LogP contribution in [0.4, 0.5) is 10.1 Å². The lowest BCUT2D eigenvalue weighted by Gasteiger charge is -2.31. The molecule has 21 heteroatoms. The van der Waals surface area contributed by atoms with Gasteiger partial charge in [0, 0.05) is 52.6 Å². The lowest BCUT2D eigenvalue weighted by Crippen LogP contribution is -2.52. The van der Waals surface area contributed by atoms with Gasteiger partial charge in [0.15, 0.2) is 5.60 Å². The molecule has 0 saturated carbocycles. The van der Waals surface area contributed by atoms with E-state index in [1.54, 1.807) is 50.2 Å². The third-order valence-corrected chi connectivity index (χ3v) is 13.6. The van der Waals surface area contributed by atoms with Gasteiger partial charge in [0.25, 0.3) is 23.3 Å². The zero-order chi connectivity index (χ0) is 51.7. The van der Waals surface area contributed by atoms with E-state index in [0.29, 0.717) is 40.9 Å². The summed E-state index contributed by atoms with van der Waals surface area (Å²) in [5, 5.41) is 24.7. The average Bonchev–Trinajstić information content (AvgIpc) is 3.94. The fraction of sp³-hybridized carbons (Fsp3) is 0.308. The Morgan fingerprint density at radius 3 is 2.36 bits per heavy atom. The Hall–Kier alpha value is -8.43. The molecule has 3 aliphatic heterocycles. The number of cyclic esters (lactones) is 1. The Bertz CT molecular complexity index is 3250. The number of hydrogen-bond donors (Lipinski definition) is 6. The number of imide groups is 1. The molecule has 0 spiro atoms. The van der Waals surface area contributed by atoms with Crippen LogP contribution in [0.2, 0.25) is 0 Å². The second kappa shape index (κ2) is 20.4. The standard InChI is InChI=1S/C52H49FN8O12/c1-3-52(71)35-18-39-47-33(23-60(39)50(69)34(35)25-73-51(52)70)45-30(12-13-32-27(2)36(53)19-37(59-47)46(32)45)24-72-26-57-41(63)21-56-49(68)38(16-28-8-5-4-6-9-28)58-42(64)22-54-40(62)20-55-48(67)29-10-7-11-31(17-29)61-43(65)14-15-44(61)66/h4-11,14-15,17-19,30,38,71H,3,12-13,16,20-26H2,1-2H3,(H,54,62)(H,55,67)(H,56,68)(H,57,63)(H,58,64)/t30-,38+,52+/m1/s1. The lowest BCUT2D eigenvalue weighted by atomic mass is 9.78. The molecule has 0 bridgehead atoms. The number of aryl methyl sites for hydroxylation is 1. The van der Waals surface area contributed by atoms with Crippen molar-refractivity contribution in [2.45, 2.75) is 70.2 Å². The monoisotopic (exact) mass is 996 g/mol. The predicted molar refractivity (Wildman–Crippen MR) is 258 cm³/mol. The van der Waals surface area contributed by atoms with Crippen LogP contribution in [0.25, 0.3) is 22.3 Å². The molecule has 0 unspecified atom stereocenters. The van der Waals surface area contributed by atoms with E-state index in [2.05, 4.69) is 26.6 Å². The minimum absolute atomic E-state index is 0.0287. The fourth-order valence-electron chi connectivity index (χ4n) is 9.75. The number of anilines is 1. The zero-order valence-electron chi connectivity index (χ0n) is 39.6. The van der Waals surface area contributed by atoms with Gasteiger partial charge in [-0.05, 0) is 72.7 Å². The van der Waals surface area contributed by atoms with Gasteiger partial charge in [0.05, 0.1) is 60.9 Å². The molecule has 376 valence electrons. The van der Waals surface area contributed by atoms with Gasteiger partial charge in [0.2, 0.25) is 23.6 Å². The van der Waals surface area contributed by atoms with E-state index in [1.807, 2.05) is 0 Å². The van der Waals surface area contributed by atoms with Gasteiger partial charge in [-0.3, -0.25) is 38.4 Å². The maximum Gasteiger partial charge on any atom is 0.343 e. The number of amides is 7. The van der Waals surface area contributed by atoms with Gasteiger partial charge in [-0.25, -0.2) is 19.1 Å². The van der Waals surface area contributed by atoms with Crippen molar-refractivity contribution in [1.29, 1.82) is 0 Å². The van der Waals surface area contributed by atoms with Crippen LogP contribution >= 0.6 is 0 Å². The number of benzene rings is 3. The Balaban J connectivity index is 0.795. The first-order chi connectivity index (χ1) is 35.1. The molecule has 0 radical (unpaired) electrons. The molecule has 1 aliphatic carbocycles. The van der Waals surface area contributed by atoms with Crippen LogP contribution in [0.5, 0.6) is 0 Å². The van der Waals surface area contributed by atoms with E-state index >= 15 is 4.39 Å². The van der Waals surface area contributed by atoms with Crippen LogP contribution in [0.15, 0.2) is 83.7 Å². The smallest absolute Gasteiger partial charge is 0.343 e. The third kappa shape index (κ3) is 9.71. The summed E-state index contributed by atoms with van der Waals surface area (Å²) in [4.78, 5) is 122. The molecule has 3 atom stereocenters.